The second-order valence-electron chi connectivity index (χ2n) is 6.25. The van der Waals surface area contributed by atoms with Crippen LogP contribution in [0, 0.1) is 13.8 Å². The maximum absolute atomic E-state index is 12.8. The van der Waals surface area contributed by atoms with E-state index in [1.165, 1.54) is 7.11 Å². The highest BCUT2D eigenvalue weighted by Gasteiger charge is 2.21. The van der Waals surface area contributed by atoms with Crippen molar-refractivity contribution < 1.29 is 23.5 Å². The van der Waals surface area contributed by atoms with Crippen molar-refractivity contribution in [1.29, 1.82) is 0 Å². The predicted octanol–water partition coefficient (Wildman–Crippen LogP) is 4.23. The molecule has 1 aromatic heterocycles. The number of nitrogens with one attached hydrogen (secondary N) is 1. The number of para-hydroxylation sites is 1. The van der Waals surface area contributed by atoms with E-state index in [9.17, 15) is 9.59 Å². The van der Waals surface area contributed by atoms with Gasteiger partial charge >= 0.3 is 5.97 Å². The summed E-state index contributed by atoms with van der Waals surface area (Å²) in [4.78, 5) is 24.8. The van der Waals surface area contributed by atoms with E-state index in [1.807, 2.05) is 32.0 Å². The second-order valence-corrected chi connectivity index (χ2v) is 6.25. The van der Waals surface area contributed by atoms with Crippen LogP contribution < -0.4 is 5.32 Å². The molecule has 1 amide bonds. The molecule has 3 rings (SSSR count). The van der Waals surface area contributed by atoms with Crippen molar-refractivity contribution >= 4 is 28.5 Å². The van der Waals surface area contributed by atoms with Crippen LogP contribution in [0.3, 0.4) is 0 Å². The summed E-state index contributed by atoms with van der Waals surface area (Å²) < 4.78 is 15.8. The average Bonchev–Trinajstić information content (AvgIpc) is 3.03. The molecule has 1 heterocycles. The van der Waals surface area contributed by atoms with E-state index in [4.69, 9.17) is 13.9 Å². The summed E-state index contributed by atoms with van der Waals surface area (Å²) in [6.45, 7) is 3.96. The topological polar surface area (TPSA) is 77.8 Å². The number of benzene rings is 2. The minimum Gasteiger partial charge on any atom is -0.465 e. The largest absolute Gasteiger partial charge is 0.465 e. The van der Waals surface area contributed by atoms with Gasteiger partial charge in [0.15, 0.2) is 5.76 Å². The van der Waals surface area contributed by atoms with Crippen LogP contribution in [-0.4, -0.2) is 26.1 Å². The van der Waals surface area contributed by atoms with Crippen molar-refractivity contribution in [3.63, 3.8) is 0 Å². The number of carbonyl (C=O) groups is 2. The summed E-state index contributed by atoms with van der Waals surface area (Å²) >= 11 is 0. The molecule has 6 nitrogen and oxygen atoms in total. The fourth-order valence-corrected chi connectivity index (χ4v) is 3.01. The highest BCUT2D eigenvalue weighted by atomic mass is 16.5. The van der Waals surface area contributed by atoms with Crippen LogP contribution in [0.1, 0.15) is 37.6 Å². The predicted molar refractivity (Wildman–Crippen MR) is 102 cm³/mol. The Kier molecular flexibility index (Phi) is 5.28. The third kappa shape index (κ3) is 3.57. The van der Waals surface area contributed by atoms with Crippen LogP contribution in [0.25, 0.3) is 11.0 Å². The monoisotopic (exact) mass is 367 g/mol. The highest BCUT2D eigenvalue weighted by Crippen LogP contribution is 2.28. The maximum Gasteiger partial charge on any atom is 0.338 e. The number of ether oxygens (including phenoxy) is 2. The Hall–Kier alpha value is -3.12. The SMILES string of the molecule is COCc1c(C(=O)Nc2cc(C)c(C)c(C(=O)OC)c2)oc2ccccc12. The van der Waals surface area contributed by atoms with E-state index in [0.29, 0.717) is 22.4 Å². The van der Waals surface area contributed by atoms with Crippen LogP contribution in [0.2, 0.25) is 0 Å². The molecule has 0 aliphatic heterocycles. The minimum absolute atomic E-state index is 0.191. The van der Waals surface area contributed by atoms with Gasteiger partial charge in [0.25, 0.3) is 5.91 Å². The van der Waals surface area contributed by atoms with E-state index in [0.717, 1.165) is 16.5 Å². The number of hydrogen-bond acceptors (Lipinski definition) is 5. The van der Waals surface area contributed by atoms with Gasteiger partial charge in [0, 0.05) is 23.7 Å². The summed E-state index contributed by atoms with van der Waals surface area (Å²) in [7, 11) is 2.89. The molecule has 0 atom stereocenters. The number of methoxy groups -OCH3 is 2. The lowest BCUT2D eigenvalue weighted by Gasteiger charge is -2.11. The molecule has 1 N–H and O–H groups in total. The van der Waals surface area contributed by atoms with Gasteiger partial charge in [-0.1, -0.05) is 18.2 Å². The average molecular weight is 367 g/mol. The van der Waals surface area contributed by atoms with Gasteiger partial charge in [0.2, 0.25) is 0 Å². The number of anilines is 1. The van der Waals surface area contributed by atoms with Gasteiger partial charge in [-0.25, -0.2) is 4.79 Å². The third-order valence-corrected chi connectivity index (χ3v) is 4.52. The molecule has 140 valence electrons. The van der Waals surface area contributed by atoms with E-state index in [-0.39, 0.29) is 12.4 Å². The minimum atomic E-state index is -0.449. The molecular weight excluding hydrogens is 346 g/mol. The van der Waals surface area contributed by atoms with Crippen molar-refractivity contribution in [3.8, 4) is 0 Å². The van der Waals surface area contributed by atoms with Crippen LogP contribution in [0.4, 0.5) is 5.69 Å². The molecule has 0 saturated heterocycles. The molecule has 0 bridgehead atoms. The fourth-order valence-electron chi connectivity index (χ4n) is 3.01. The number of aryl methyl sites for hydroxylation is 1. The molecule has 0 saturated carbocycles. The first-order valence-corrected chi connectivity index (χ1v) is 8.46. The molecule has 6 heteroatoms. The van der Waals surface area contributed by atoms with Crippen molar-refractivity contribution in [2.45, 2.75) is 20.5 Å². The van der Waals surface area contributed by atoms with Crippen LogP contribution in [0.5, 0.6) is 0 Å². The third-order valence-electron chi connectivity index (χ3n) is 4.52. The molecule has 3 aromatic rings. The summed E-state index contributed by atoms with van der Waals surface area (Å²) in [6, 6.07) is 10.8. The number of carbonyl (C=O) groups excluding carboxylic acids is 2. The molecular formula is C21H21NO5. The van der Waals surface area contributed by atoms with Gasteiger partial charge in [-0.15, -0.1) is 0 Å². The molecule has 2 aromatic carbocycles. The first-order valence-electron chi connectivity index (χ1n) is 8.46. The molecule has 0 aliphatic carbocycles. The van der Waals surface area contributed by atoms with Crippen molar-refractivity contribution in [2.24, 2.45) is 0 Å². The summed E-state index contributed by atoms with van der Waals surface area (Å²) in [5.74, 6) is -0.663. The van der Waals surface area contributed by atoms with Gasteiger partial charge in [-0.3, -0.25) is 4.79 Å². The van der Waals surface area contributed by atoms with E-state index in [1.54, 1.807) is 25.3 Å². The van der Waals surface area contributed by atoms with Gasteiger partial charge in [-0.05, 0) is 43.2 Å². The van der Waals surface area contributed by atoms with Crippen LogP contribution >= 0.6 is 0 Å². The number of rotatable bonds is 5. The smallest absolute Gasteiger partial charge is 0.338 e. The lowest BCUT2D eigenvalue weighted by Crippen LogP contribution is -2.15. The van der Waals surface area contributed by atoms with E-state index >= 15 is 0 Å². The molecule has 27 heavy (non-hydrogen) atoms. The summed E-state index contributed by atoms with van der Waals surface area (Å²) in [5.41, 5.74) is 3.88. The van der Waals surface area contributed by atoms with Gasteiger partial charge in [0.1, 0.15) is 5.58 Å². The summed E-state index contributed by atoms with van der Waals surface area (Å²) in [5, 5.41) is 3.64. The zero-order valence-corrected chi connectivity index (χ0v) is 15.7. The van der Waals surface area contributed by atoms with Crippen LogP contribution in [-0.2, 0) is 16.1 Å². The highest BCUT2D eigenvalue weighted by molar-refractivity contribution is 6.07. The van der Waals surface area contributed by atoms with Crippen molar-refractivity contribution in [1.82, 2.24) is 0 Å². The lowest BCUT2D eigenvalue weighted by molar-refractivity contribution is 0.0599. The van der Waals surface area contributed by atoms with Gasteiger partial charge in [0.05, 0.1) is 19.3 Å². The lowest BCUT2D eigenvalue weighted by atomic mass is 10.0. The summed E-state index contributed by atoms with van der Waals surface area (Å²) in [6.07, 6.45) is 0. The van der Waals surface area contributed by atoms with Crippen molar-refractivity contribution in [2.75, 3.05) is 19.5 Å². The van der Waals surface area contributed by atoms with Gasteiger partial charge in [-0.2, -0.15) is 0 Å². The zero-order valence-electron chi connectivity index (χ0n) is 15.7. The van der Waals surface area contributed by atoms with Crippen molar-refractivity contribution in [3.05, 3.63) is 64.4 Å². The second kappa shape index (κ2) is 7.63. The Morgan fingerprint density at radius 1 is 1.11 bits per heavy atom. The Morgan fingerprint density at radius 3 is 2.56 bits per heavy atom. The quantitative estimate of drug-likeness (QED) is 0.683. The first kappa shape index (κ1) is 18.7. The fraction of sp³-hybridized carbons (Fsp3) is 0.238. The Bertz CT molecular complexity index is 1020. The molecule has 0 aliphatic rings. The number of furan rings is 1. The Balaban J connectivity index is 1.99. The molecule has 0 unspecified atom stereocenters. The van der Waals surface area contributed by atoms with E-state index in [2.05, 4.69) is 5.32 Å². The molecule has 0 spiro atoms. The molecule has 0 fully saturated rings. The van der Waals surface area contributed by atoms with Gasteiger partial charge < -0.3 is 19.2 Å². The Morgan fingerprint density at radius 2 is 1.85 bits per heavy atom. The molecule has 0 radical (unpaired) electrons. The Labute approximate surface area is 157 Å². The first-order chi connectivity index (χ1) is 13.0. The number of amides is 1. The number of fused-ring (bicyclic) bond motifs is 1. The van der Waals surface area contributed by atoms with Crippen LogP contribution in [0.15, 0.2) is 40.8 Å². The maximum atomic E-state index is 12.8. The zero-order chi connectivity index (χ0) is 19.6. The number of hydrogen-bond donors (Lipinski definition) is 1. The normalized spacial score (nSPS) is 10.8. The standard InChI is InChI=1S/C21H21NO5/c1-12-9-14(10-16(13(12)2)21(24)26-4)22-20(23)19-17(11-25-3)15-7-5-6-8-18(15)27-19/h5-10H,11H2,1-4H3,(H,22,23). The number of esters is 1. The van der Waals surface area contributed by atoms with E-state index < -0.39 is 11.9 Å².